The Hall–Kier alpha value is -5.62. The molecule has 12 rings (SSSR count). The molecule has 55 heavy (non-hydrogen) atoms. The molecular formula is C50H37BN2S2. The number of para-hydroxylation sites is 1. The van der Waals surface area contributed by atoms with Gasteiger partial charge in [-0.15, -0.1) is 22.7 Å². The van der Waals surface area contributed by atoms with Crippen LogP contribution in [-0.4, -0.2) is 11.3 Å². The molecule has 2 nitrogen and oxygen atoms in total. The first kappa shape index (κ1) is 31.7. The number of benzene rings is 7. The Balaban J connectivity index is 1.19. The zero-order valence-corrected chi connectivity index (χ0v) is 32.9. The number of anilines is 2. The van der Waals surface area contributed by atoms with Crippen molar-refractivity contribution in [2.24, 2.45) is 0 Å². The molecule has 0 radical (unpaired) electrons. The lowest BCUT2D eigenvalue weighted by Crippen LogP contribution is -2.57. The van der Waals surface area contributed by atoms with Crippen molar-refractivity contribution in [2.75, 3.05) is 4.90 Å². The van der Waals surface area contributed by atoms with E-state index in [1.165, 1.54) is 113 Å². The lowest BCUT2D eigenvalue weighted by molar-refractivity contribution is 0.590. The summed E-state index contributed by atoms with van der Waals surface area (Å²) in [5.41, 5.74) is 17.4. The van der Waals surface area contributed by atoms with E-state index >= 15 is 0 Å². The fraction of sp³-hybridized carbons (Fsp3) is 0.120. The van der Waals surface area contributed by atoms with Crippen molar-refractivity contribution in [3.8, 4) is 22.3 Å². The van der Waals surface area contributed by atoms with Gasteiger partial charge in [0.15, 0.2) is 0 Å². The van der Waals surface area contributed by atoms with E-state index in [1.807, 2.05) is 22.7 Å². The molecule has 0 bridgehead atoms. The minimum Gasteiger partial charge on any atom is -0.374 e. The average molecular weight is 741 g/mol. The lowest BCUT2D eigenvalue weighted by Gasteiger charge is -2.41. The number of thiophene rings is 2. The normalized spacial score (nSPS) is 13.5. The Labute approximate surface area is 329 Å². The third-order valence-corrected chi connectivity index (χ3v) is 14.6. The number of nitrogens with zero attached hydrogens (tertiary/aromatic N) is 2. The third-order valence-electron chi connectivity index (χ3n) is 12.2. The highest BCUT2D eigenvalue weighted by Gasteiger charge is 2.43. The molecule has 0 aliphatic carbocycles. The summed E-state index contributed by atoms with van der Waals surface area (Å²) in [7, 11) is 0. The molecule has 0 N–H and O–H groups in total. The highest BCUT2D eigenvalue weighted by atomic mass is 32.1. The van der Waals surface area contributed by atoms with Crippen LogP contribution >= 0.6 is 22.7 Å². The molecule has 0 unspecified atom stereocenters. The van der Waals surface area contributed by atoms with Gasteiger partial charge < -0.3 is 9.38 Å². The van der Waals surface area contributed by atoms with Crippen LogP contribution in [0.3, 0.4) is 0 Å². The number of hydrogen-bond acceptors (Lipinski definition) is 3. The van der Waals surface area contributed by atoms with Gasteiger partial charge in [-0.1, -0.05) is 136 Å². The Kier molecular flexibility index (Phi) is 6.47. The number of aryl methyl sites for hydroxylation is 1. The molecule has 7 aromatic carbocycles. The molecule has 0 atom stereocenters. The number of fused-ring (bicyclic) bond motifs is 12. The zero-order valence-electron chi connectivity index (χ0n) is 31.3. The molecule has 3 aromatic heterocycles. The summed E-state index contributed by atoms with van der Waals surface area (Å²) in [6, 6.07) is 53.2. The van der Waals surface area contributed by atoms with Crippen LogP contribution in [-0.2, 0) is 12.0 Å². The number of hydrogen-bond donors (Lipinski definition) is 0. The maximum absolute atomic E-state index is 2.74. The summed E-state index contributed by atoms with van der Waals surface area (Å²) in [5, 5.41) is 5.40. The van der Waals surface area contributed by atoms with E-state index < -0.39 is 0 Å². The van der Waals surface area contributed by atoms with Crippen LogP contribution in [0.15, 0.2) is 140 Å². The predicted molar refractivity (Wildman–Crippen MR) is 241 cm³/mol. The van der Waals surface area contributed by atoms with Crippen molar-refractivity contribution in [1.29, 1.82) is 0 Å². The van der Waals surface area contributed by atoms with Crippen molar-refractivity contribution in [3.63, 3.8) is 0 Å². The first-order valence-corrected chi connectivity index (χ1v) is 21.0. The second-order valence-corrected chi connectivity index (χ2v) is 18.7. The molecule has 2 aliphatic heterocycles. The molecule has 2 aliphatic rings. The topological polar surface area (TPSA) is 8.17 Å². The van der Waals surface area contributed by atoms with Gasteiger partial charge in [0.1, 0.15) is 0 Å². The highest BCUT2D eigenvalue weighted by molar-refractivity contribution is 7.27. The smallest absolute Gasteiger partial charge is 0.333 e. The summed E-state index contributed by atoms with van der Waals surface area (Å²) in [6.07, 6.45) is 0. The molecule has 0 amide bonds. The maximum atomic E-state index is 2.74. The van der Waals surface area contributed by atoms with Gasteiger partial charge in [-0.2, -0.15) is 0 Å². The van der Waals surface area contributed by atoms with Crippen molar-refractivity contribution >= 4 is 103 Å². The van der Waals surface area contributed by atoms with Gasteiger partial charge in [0.25, 0.3) is 0 Å². The molecule has 0 saturated heterocycles. The Morgan fingerprint density at radius 1 is 0.564 bits per heavy atom. The van der Waals surface area contributed by atoms with E-state index in [2.05, 4.69) is 177 Å². The fourth-order valence-electron chi connectivity index (χ4n) is 9.73. The molecule has 0 spiro atoms. The maximum Gasteiger partial charge on any atom is 0.333 e. The molecule has 10 aromatic rings. The quantitative estimate of drug-likeness (QED) is 0.164. The number of aromatic nitrogens is 1. The first-order valence-electron chi connectivity index (χ1n) is 19.3. The second kappa shape index (κ2) is 11.2. The summed E-state index contributed by atoms with van der Waals surface area (Å²) in [5.74, 6) is 0. The van der Waals surface area contributed by atoms with Crippen LogP contribution in [0, 0.1) is 6.92 Å². The van der Waals surface area contributed by atoms with Crippen molar-refractivity contribution in [1.82, 2.24) is 4.48 Å². The van der Waals surface area contributed by atoms with Crippen LogP contribution in [0.1, 0.15) is 37.5 Å². The SMILES string of the molecule is Cc1cc2c3c(c1)N(Cc1ccc(C(C)(C)C)cc1-c1ccccc1)c1cc4sc5ccccc5c4cc1B3n1c3c-2cccc3c2sc3ccccc3c21. The van der Waals surface area contributed by atoms with Gasteiger partial charge in [0, 0.05) is 64.6 Å². The second-order valence-electron chi connectivity index (χ2n) is 16.6. The first-order chi connectivity index (χ1) is 26.8. The number of rotatable bonds is 3. The standard InChI is InChI=1S/C50H37BN2S2/c1-29-23-39-34-17-12-18-36-47(34)53(48-35-16-9-11-20-44(35)55-49(36)48)51-40-26-38-33-15-8-10-19-43(33)54-45(38)27-41(40)52(42(24-29)46(39)51)28-31-21-22-32(50(2,3)4)25-37(31)30-13-6-5-7-14-30/h5-27H,28H2,1-4H3. The third kappa shape index (κ3) is 4.42. The summed E-state index contributed by atoms with van der Waals surface area (Å²) in [6.45, 7) is 10.0. The van der Waals surface area contributed by atoms with E-state index in [9.17, 15) is 0 Å². The van der Waals surface area contributed by atoms with Gasteiger partial charge in [0.2, 0.25) is 0 Å². The van der Waals surface area contributed by atoms with E-state index in [-0.39, 0.29) is 12.3 Å². The van der Waals surface area contributed by atoms with Crippen LogP contribution in [0.4, 0.5) is 11.4 Å². The molecule has 0 fully saturated rings. The fourth-order valence-corrected chi connectivity index (χ4v) is 12.1. The van der Waals surface area contributed by atoms with Gasteiger partial charge in [0.05, 0.1) is 10.2 Å². The van der Waals surface area contributed by atoms with Gasteiger partial charge >= 0.3 is 6.85 Å². The zero-order chi connectivity index (χ0) is 36.7. The largest absolute Gasteiger partial charge is 0.374 e. The molecular weight excluding hydrogens is 704 g/mol. The minimum absolute atomic E-state index is 0.0321. The van der Waals surface area contributed by atoms with Crippen LogP contribution < -0.4 is 15.8 Å². The van der Waals surface area contributed by atoms with E-state index in [0.717, 1.165) is 6.54 Å². The summed E-state index contributed by atoms with van der Waals surface area (Å²) < 4.78 is 8.16. The van der Waals surface area contributed by atoms with Crippen molar-refractivity contribution < 1.29 is 0 Å². The van der Waals surface area contributed by atoms with E-state index in [1.54, 1.807) is 0 Å². The van der Waals surface area contributed by atoms with E-state index in [4.69, 9.17) is 0 Å². The van der Waals surface area contributed by atoms with Crippen LogP contribution in [0.2, 0.25) is 0 Å². The monoisotopic (exact) mass is 740 g/mol. The molecule has 5 heterocycles. The van der Waals surface area contributed by atoms with Gasteiger partial charge in [-0.25, -0.2) is 0 Å². The average Bonchev–Trinajstić information content (AvgIpc) is 3.86. The summed E-state index contributed by atoms with van der Waals surface area (Å²) in [4.78, 5) is 2.66. The molecule has 5 heteroatoms. The van der Waals surface area contributed by atoms with E-state index in [0.29, 0.717) is 0 Å². The van der Waals surface area contributed by atoms with Gasteiger partial charge in [-0.05, 0) is 80.9 Å². The Morgan fingerprint density at radius 2 is 1.31 bits per heavy atom. The Bertz CT molecular complexity index is 3250. The van der Waals surface area contributed by atoms with Crippen molar-refractivity contribution in [3.05, 3.63) is 156 Å². The molecule has 262 valence electrons. The van der Waals surface area contributed by atoms with Gasteiger partial charge in [-0.3, -0.25) is 0 Å². The van der Waals surface area contributed by atoms with Crippen molar-refractivity contribution in [2.45, 2.75) is 39.7 Å². The Morgan fingerprint density at radius 3 is 2.13 bits per heavy atom. The van der Waals surface area contributed by atoms with Crippen LogP contribution in [0.5, 0.6) is 0 Å². The lowest BCUT2D eigenvalue weighted by atomic mass is 9.45. The minimum atomic E-state index is 0.0321. The predicted octanol–water partition coefficient (Wildman–Crippen LogP) is 12.9. The summed E-state index contributed by atoms with van der Waals surface area (Å²) >= 11 is 3.86. The van der Waals surface area contributed by atoms with Crippen LogP contribution in [0.25, 0.3) is 73.6 Å². The molecule has 0 saturated carbocycles. The highest BCUT2D eigenvalue weighted by Crippen LogP contribution is 2.49.